The van der Waals surface area contributed by atoms with Gasteiger partial charge in [0, 0.05) is 42.3 Å². The summed E-state index contributed by atoms with van der Waals surface area (Å²) >= 11 is 0. The van der Waals surface area contributed by atoms with Crippen LogP contribution in [0.4, 0.5) is 5.69 Å². The van der Waals surface area contributed by atoms with E-state index < -0.39 is 0 Å². The van der Waals surface area contributed by atoms with Gasteiger partial charge >= 0.3 is 0 Å². The Morgan fingerprint density at radius 1 is 1.06 bits per heavy atom. The Bertz CT molecular complexity index is 1220. The average molecular weight is 412 g/mol. The molecule has 1 aromatic carbocycles. The van der Waals surface area contributed by atoms with Crippen LogP contribution in [0.2, 0.25) is 0 Å². The molecule has 0 spiro atoms. The van der Waals surface area contributed by atoms with Crippen molar-refractivity contribution in [1.82, 2.24) is 15.0 Å². The van der Waals surface area contributed by atoms with Gasteiger partial charge in [0.05, 0.1) is 24.9 Å². The quantitative estimate of drug-likeness (QED) is 0.549. The zero-order valence-electron chi connectivity index (χ0n) is 17.3. The van der Waals surface area contributed by atoms with Crippen LogP contribution in [-0.2, 0) is 17.6 Å². The van der Waals surface area contributed by atoms with Crippen LogP contribution in [0, 0.1) is 0 Å². The van der Waals surface area contributed by atoms with Gasteiger partial charge in [-0.15, -0.1) is 0 Å². The van der Waals surface area contributed by atoms with E-state index in [9.17, 15) is 0 Å². The van der Waals surface area contributed by atoms with Gasteiger partial charge in [-0.25, -0.2) is 4.98 Å². The molecule has 0 aliphatic carbocycles. The third-order valence-electron chi connectivity index (χ3n) is 6.28. The van der Waals surface area contributed by atoms with Crippen LogP contribution in [0.15, 0.2) is 61.2 Å². The first-order valence-electron chi connectivity index (χ1n) is 10.8. The molecule has 1 unspecified atom stereocenters. The number of nitrogens with zero attached hydrogens (tertiary/aromatic N) is 3. The molecule has 4 aromatic rings. The molecule has 6 heteroatoms. The molecule has 0 saturated carbocycles. The fraction of sp³-hybridized carbons (Fsp3) is 0.280. The second-order valence-electron chi connectivity index (χ2n) is 8.21. The van der Waals surface area contributed by atoms with Gasteiger partial charge in [-0.2, -0.15) is 0 Å². The summed E-state index contributed by atoms with van der Waals surface area (Å²) in [5.41, 5.74) is 6.84. The molecule has 1 fully saturated rings. The zero-order valence-corrected chi connectivity index (χ0v) is 17.3. The highest BCUT2D eigenvalue weighted by molar-refractivity contribution is 5.85. The lowest BCUT2D eigenvalue weighted by molar-refractivity contribution is 0.0705. The maximum Gasteiger partial charge on any atom is 0.143 e. The largest absolute Gasteiger partial charge is 0.489 e. The number of nitrogens with one attached hydrogen (secondary N) is 1. The van der Waals surface area contributed by atoms with E-state index >= 15 is 0 Å². The summed E-state index contributed by atoms with van der Waals surface area (Å²) in [7, 11) is 0. The first-order chi connectivity index (χ1) is 15.3. The van der Waals surface area contributed by atoms with Crippen molar-refractivity contribution in [2.45, 2.75) is 18.9 Å². The fourth-order valence-electron chi connectivity index (χ4n) is 4.59. The van der Waals surface area contributed by atoms with Crippen molar-refractivity contribution in [3.8, 4) is 16.9 Å². The van der Waals surface area contributed by atoms with E-state index in [0.717, 1.165) is 60.8 Å². The topological polar surface area (TPSA) is 63.3 Å². The number of aromatic nitrogens is 3. The zero-order chi connectivity index (χ0) is 20.6. The Balaban J connectivity index is 1.30. The van der Waals surface area contributed by atoms with Gasteiger partial charge in [0.2, 0.25) is 0 Å². The minimum atomic E-state index is 0.312. The number of ether oxygens (including phenoxy) is 2. The predicted octanol–water partition coefficient (Wildman–Crippen LogP) is 4.01. The molecule has 0 radical (unpaired) electrons. The van der Waals surface area contributed by atoms with Gasteiger partial charge in [-0.3, -0.25) is 4.98 Å². The number of pyridine rings is 2. The molecule has 31 heavy (non-hydrogen) atoms. The van der Waals surface area contributed by atoms with Crippen LogP contribution in [0.25, 0.3) is 22.2 Å². The SMILES string of the molecule is c1cncc(CCc2c[nH]c3ncc(-c4ccc5c(c4)OCC4COCCN54)cc23)c1. The standard InChI is InChI=1S/C25H24N4O2/c1-2-17(12-26-7-1)3-4-19-13-27-25-22(19)10-20(14-28-25)18-5-6-23-24(11-18)31-16-21-15-30-9-8-29(21)23/h1-2,5-7,10-14,21H,3-4,8-9,15-16H2,(H,27,28). The van der Waals surface area contributed by atoms with Crippen LogP contribution in [-0.4, -0.2) is 47.4 Å². The van der Waals surface area contributed by atoms with Crippen LogP contribution >= 0.6 is 0 Å². The average Bonchev–Trinajstić information content (AvgIpc) is 3.25. The molecule has 2 aliphatic heterocycles. The summed E-state index contributed by atoms with van der Waals surface area (Å²) in [4.78, 5) is 14.6. The van der Waals surface area contributed by atoms with Gasteiger partial charge in [0.1, 0.15) is 18.0 Å². The highest BCUT2D eigenvalue weighted by Crippen LogP contribution is 2.38. The lowest BCUT2D eigenvalue weighted by atomic mass is 10.0. The molecule has 156 valence electrons. The Morgan fingerprint density at radius 3 is 3.00 bits per heavy atom. The third-order valence-corrected chi connectivity index (χ3v) is 6.28. The summed E-state index contributed by atoms with van der Waals surface area (Å²) in [6.45, 7) is 3.09. The first kappa shape index (κ1) is 18.4. The van der Waals surface area contributed by atoms with Gasteiger partial charge in [-0.1, -0.05) is 12.1 Å². The molecule has 0 bridgehead atoms. The number of benzene rings is 1. The maximum absolute atomic E-state index is 6.08. The molecule has 2 aliphatic rings. The number of morpholine rings is 1. The monoisotopic (exact) mass is 412 g/mol. The summed E-state index contributed by atoms with van der Waals surface area (Å²) in [6, 6.07) is 13.1. The Hall–Kier alpha value is -3.38. The number of hydrogen-bond acceptors (Lipinski definition) is 5. The van der Waals surface area contributed by atoms with E-state index in [2.05, 4.69) is 56.4 Å². The highest BCUT2D eigenvalue weighted by atomic mass is 16.5. The van der Waals surface area contributed by atoms with Crippen LogP contribution in [0.3, 0.4) is 0 Å². The van der Waals surface area contributed by atoms with E-state index in [1.54, 1.807) is 0 Å². The summed E-state index contributed by atoms with van der Waals surface area (Å²) in [5, 5.41) is 1.17. The summed E-state index contributed by atoms with van der Waals surface area (Å²) in [5.74, 6) is 0.946. The first-order valence-corrected chi connectivity index (χ1v) is 10.8. The maximum atomic E-state index is 6.08. The van der Waals surface area contributed by atoms with Crippen LogP contribution in [0.5, 0.6) is 5.75 Å². The Morgan fingerprint density at radius 2 is 2.06 bits per heavy atom. The molecule has 1 saturated heterocycles. The highest BCUT2D eigenvalue weighted by Gasteiger charge is 2.30. The van der Waals surface area contributed by atoms with E-state index in [1.165, 1.54) is 16.5 Å². The van der Waals surface area contributed by atoms with Crippen molar-refractivity contribution in [2.24, 2.45) is 0 Å². The van der Waals surface area contributed by atoms with Crippen LogP contribution < -0.4 is 9.64 Å². The summed E-state index contributed by atoms with van der Waals surface area (Å²) < 4.78 is 11.7. The molecular formula is C25H24N4O2. The van der Waals surface area contributed by atoms with Crippen molar-refractivity contribution in [2.75, 3.05) is 31.3 Å². The van der Waals surface area contributed by atoms with Gasteiger partial charge in [0.15, 0.2) is 0 Å². The van der Waals surface area contributed by atoms with E-state index in [-0.39, 0.29) is 0 Å². The molecule has 5 heterocycles. The second kappa shape index (κ2) is 7.71. The van der Waals surface area contributed by atoms with Gasteiger partial charge < -0.3 is 19.4 Å². The number of H-pyrrole nitrogens is 1. The number of rotatable bonds is 4. The second-order valence-corrected chi connectivity index (χ2v) is 8.21. The van der Waals surface area contributed by atoms with Crippen molar-refractivity contribution >= 4 is 16.7 Å². The fourth-order valence-corrected chi connectivity index (χ4v) is 4.59. The minimum Gasteiger partial charge on any atom is -0.489 e. The summed E-state index contributed by atoms with van der Waals surface area (Å²) in [6.07, 6.45) is 9.66. The molecule has 6 nitrogen and oxygen atoms in total. The van der Waals surface area contributed by atoms with Gasteiger partial charge in [0.25, 0.3) is 0 Å². The van der Waals surface area contributed by atoms with Crippen molar-refractivity contribution in [1.29, 1.82) is 0 Å². The molecule has 3 aromatic heterocycles. The number of aromatic amines is 1. The van der Waals surface area contributed by atoms with Crippen molar-refractivity contribution in [3.63, 3.8) is 0 Å². The smallest absolute Gasteiger partial charge is 0.143 e. The number of hydrogen-bond donors (Lipinski definition) is 1. The third kappa shape index (κ3) is 3.43. The van der Waals surface area contributed by atoms with Crippen molar-refractivity contribution in [3.05, 3.63) is 72.3 Å². The number of anilines is 1. The Labute approximate surface area is 180 Å². The Kier molecular flexibility index (Phi) is 4.57. The molecule has 6 rings (SSSR count). The molecule has 0 amide bonds. The van der Waals surface area contributed by atoms with E-state index in [0.29, 0.717) is 12.6 Å². The van der Waals surface area contributed by atoms with Gasteiger partial charge in [-0.05, 0) is 53.8 Å². The van der Waals surface area contributed by atoms with Crippen LogP contribution in [0.1, 0.15) is 11.1 Å². The molecular weight excluding hydrogens is 388 g/mol. The van der Waals surface area contributed by atoms with Crippen molar-refractivity contribution < 1.29 is 9.47 Å². The minimum absolute atomic E-state index is 0.312. The van der Waals surface area contributed by atoms with E-state index in [4.69, 9.17) is 9.47 Å². The van der Waals surface area contributed by atoms with E-state index in [1.807, 2.05) is 24.7 Å². The molecule has 1 atom stereocenters. The molecule has 1 N–H and O–H groups in total. The predicted molar refractivity (Wildman–Crippen MR) is 121 cm³/mol. The normalized spacial score (nSPS) is 17.8. The lowest BCUT2D eigenvalue weighted by Gasteiger charge is -2.41. The lowest BCUT2D eigenvalue weighted by Crippen LogP contribution is -2.51. The number of fused-ring (bicyclic) bond motifs is 4. The number of aryl methyl sites for hydroxylation is 2.